The van der Waals surface area contributed by atoms with E-state index in [9.17, 15) is 4.79 Å². The van der Waals surface area contributed by atoms with Crippen LogP contribution in [0.3, 0.4) is 0 Å². The van der Waals surface area contributed by atoms with Crippen molar-refractivity contribution in [2.24, 2.45) is 0 Å². The minimum absolute atomic E-state index is 0.157. The largest absolute Gasteiger partial charge is 0.310 e. The molecule has 1 N–H and O–H groups in total. The number of carbonyl (C=O) groups is 1. The van der Waals surface area contributed by atoms with Gasteiger partial charge in [0.15, 0.2) is 5.78 Å². The van der Waals surface area contributed by atoms with E-state index in [4.69, 9.17) is 0 Å². The Balaban J connectivity index is 2.36. The predicted molar refractivity (Wildman–Crippen MR) is 51.8 cm³/mol. The van der Waals surface area contributed by atoms with Crippen molar-refractivity contribution in [3.8, 4) is 0 Å². The Hall–Kier alpha value is -1.15. The van der Waals surface area contributed by atoms with Crippen LogP contribution in [0.15, 0.2) is 24.3 Å². The average molecular weight is 175 g/mol. The third-order valence-electron chi connectivity index (χ3n) is 2.54. The molecule has 0 aliphatic carbocycles. The Morgan fingerprint density at radius 2 is 2.15 bits per heavy atom. The molecule has 2 heteroatoms. The second kappa shape index (κ2) is 3.30. The highest BCUT2D eigenvalue weighted by Crippen LogP contribution is 2.25. The highest BCUT2D eigenvalue weighted by molar-refractivity contribution is 5.95. The van der Waals surface area contributed by atoms with E-state index < -0.39 is 0 Å². The Labute approximate surface area is 78.0 Å². The van der Waals surface area contributed by atoms with Gasteiger partial charge in [0.1, 0.15) is 0 Å². The SMILES string of the molecule is CC(=O)c1ccccc1[C@H]1CCN1. The summed E-state index contributed by atoms with van der Waals surface area (Å²) in [5.74, 6) is 0.157. The van der Waals surface area contributed by atoms with Crippen LogP contribution in [0.25, 0.3) is 0 Å². The number of carbonyl (C=O) groups excluding carboxylic acids is 1. The third-order valence-corrected chi connectivity index (χ3v) is 2.54. The first-order valence-corrected chi connectivity index (χ1v) is 4.62. The zero-order valence-electron chi connectivity index (χ0n) is 7.71. The number of nitrogens with one attached hydrogen (secondary N) is 1. The maximum Gasteiger partial charge on any atom is 0.160 e. The summed E-state index contributed by atoms with van der Waals surface area (Å²) >= 11 is 0. The molecule has 13 heavy (non-hydrogen) atoms. The summed E-state index contributed by atoms with van der Waals surface area (Å²) in [6.07, 6.45) is 1.14. The zero-order chi connectivity index (χ0) is 9.26. The van der Waals surface area contributed by atoms with Crippen molar-refractivity contribution in [3.63, 3.8) is 0 Å². The quantitative estimate of drug-likeness (QED) is 0.696. The fourth-order valence-electron chi connectivity index (χ4n) is 1.68. The highest BCUT2D eigenvalue weighted by atomic mass is 16.1. The smallest absolute Gasteiger partial charge is 0.160 e. The Morgan fingerprint density at radius 3 is 2.69 bits per heavy atom. The molecule has 2 rings (SSSR count). The molecule has 0 amide bonds. The number of hydrogen-bond acceptors (Lipinski definition) is 2. The molecule has 0 unspecified atom stereocenters. The minimum Gasteiger partial charge on any atom is -0.310 e. The van der Waals surface area contributed by atoms with Crippen LogP contribution in [0.5, 0.6) is 0 Å². The molecular weight excluding hydrogens is 162 g/mol. The van der Waals surface area contributed by atoms with E-state index in [2.05, 4.69) is 5.32 Å². The van der Waals surface area contributed by atoms with E-state index in [1.54, 1.807) is 6.92 Å². The Kier molecular flexibility index (Phi) is 2.15. The number of rotatable bonds is 2. The molecule has 1 aromatic carbocycles. The van der Waals surface area contributed by atoms with E-state index >= 15 is 0 Å². The van der Waals surface area contributed by atoms with Gasteiger partial charge in [-0.3, -0.25) is 4.79 Å². The molecule has 1 aromatic rings. The summed E-state index contributed by atoms with van der Waals surface area (Å²) in [5.41, 5.74) is 2.01. The lowest BCUT2D eigenvalue weighted by atomic mass is 9.92. The monoisotopic (exact) mass is 175 g/mol. The van der Waals surface area contributed by atoms with Gasteiger partial charge in [0, 0.05) is 11.6 Å². The van der Waals surface area contributed by atoms with Gasteiger partial charge < -0.3 is 5.32 Å². The number of Topliss-reactive ketones (excluding diaryl/α,β-unsaturated/α-hetero) is 1. The lowest BCUT2D eigenvalue weighted by Gasteiger charge is -2.29. The van der Waals surface area contributed by atoms with Gasteiger partial charge in [-0.25, -0.2) is 0 Å². The Morgan fingerprint density at radius 1 is 1.46 bits per heavy atom. The van der Waals surface area contributed by atoms with Gasteiger partial charge in [-0.05, 0) is 25.5 Å². The van der Waals surface area contributed by atoms with Crippen LogP contribution in [-0.4, -0.2) is 12.3 Å². The van der Waals surface area contributed by atoms with Gasteiger partial charge in [0.25, 0.3) is 0 Å². The maximum atomic E-state index is 11.3. The number of benzene rings is 1. The summed E-state index contributed by atoms with van der Waals surface area (Å²) in [7, 11) is 0. The molecule has 0 bridgehead atoms. The third kappa shape index (κ3) is 1.49. The van der Waals surface area contributed by atoms with Crippen LogP contribution in [0.2, 0.25) is 0 Å². The normalized spacial score (nSPS) is 20.8. The van der Waals surface area contributed by atoms with Gasteiger partial charge in [0.05, 0.1) is 0 Å². The molecule has 1 aliphatic heterocycles. The molecule has 1 heterocycles. The Bertz CT molecular complexity index is 329. The topological polar surface area (TPSA) is 29.1 Å². The first-order chi connectivity index (χ1) is 6.29. The van der Waals surface area contributed by atoms with Gasteiger partial charge in [-0.1, -0.05) is 24.3 Å². The van der Waals surface area contributed by atoms with E-state index in [1.165, 1.54) is 0 Å². The molecule has 0 aromatic heterocycles. The fraction of sp³-hybridized carbons (Fsp3) is 0.364. The van der Waals surface area contributed by atoms with Crippen molar-refractivity contribution in [2.75, 3.05) is 6.54 Å². The van der Waals surface area contributed by atoms with Crippen LogP contribution in [-0.2, 0) is 0 Å². The van der Waals surface area contributed by atoms with Crippen molar-refractivity contribution in [1.82, 2.24) is 5.32 Å². The highest BCUT2D eigenvalue weighted by Gasteiger charge is 2.21. The van der Waals surface area contributed by atoms with Crippen molar-refractivity contribution in [2.45, 2.75) is 19.4 Å². The van der Waals surface area contributed by atoms with Crippen LogP contribution in [0.4, 0.5) is 0 Å². The molecule has 68 valence electrons. The molecule has 1 aliphatic rings. The zero-order valence-corrected chi connectivity index (χ0v) is 7.71. The molecule has 0 saturated carbocycles. The molecular formula is C11H13NO. The fourth-order valence-corrected chi connectivity index (χ4v) is 1.68. The van der Waals surface area contributed by atoms with Crippen molar-refractivity contribution < 1.29 is 4.79 Å². The maximum absolute atomic E-state index is 11.3. The summed E-state index contributed by atoms with van der Waals surface area (Å²) in [6, 6.07) is 8.24. The molecule has 2 nitrogen and oxygen atoms in total. The molecule has 0 spiro atoms. The predicted octanol–water partition coefficient (Wildman–Crippen LogP) is 1.92. The summed E-state index contributed by atoms with van der Waals surface area (Å²) in [6.45, 7) is 2.69. The minimum atomic E-state index is 0.157. The lowest BCUT2D eigenvalue weighted by molar-refractivity contribution is 0.101. The van der Waals surface area contributed by atoms with Gasteiger partial charge in [-0.15, -0.1) is 0 Å². The first kappa shape index (κ1) is 8.45. The van der Waals surface area contributed by atoms with Crippen LogP contribution >= 0.6 is 0 Å². The van der Waals surface area contributed by atoms with Crippen molar-refractivity contribution in [1.29, 1.82) is 0 Å². The van der Waals surface area contributed by atoms with Crippen molar-refractivity contribution in [3.05, 3.63) is 35.4 Å². The van der Waals surface area contributed by atoms with E-state index in [1.807, 2.05) is 24.3 Å². The van der Waals surface area contributed by atoms with E-state index in [-0.39, 0.29) is 5.78 Å². The molecule has 1 fully saturated rings. The standard InChI is InChI=1S/C11H13NO/c1-8(13)9-4-2-3-5-10(9)11-6-7-12-11/h2-5,11-12H,6-7H2,1H3/t11-/m1/s1. The van der Waals surface area contributed by atoms with Gasteiger partial charge in [0.2, 0.25) is 0 Å². The van der Waals surface area contributed by atoms with E-state index in [0.717, 1.165) is 24.1 Å². The van der Waals surface area contributed by atoms with Crippen LogP contribution in [0, 0.1) is 0 Å². The van der Waals surface area contributed by atoms with E-state index in [0.29, 0.717) is 6.04 Å². The van der Waals surface area contributed by atoms with Gasteiger partial charge in [-0.2, -0.15) is 0 Å². The first-order valence-electron chi connectivity index (χ1n) is 4.62. The van der Waals surface area contributed by atoms with Crippen molar-refractivity contribution >= 4 is 5.78 Å². The lowest BCUT2D eigenvalue weighted by Crippen LogP contribution is -2.35. The summed E-state index contributed by atoms with van der Waals surface area (Å²) in [4.78, 5) is 11.3. The molecule has 1 atom stereocenters. The summed E-state index contributed by atoms with van der Waals surface area (Å²) < 4.78 is 0. The number of hydrogen-bond donors (Lipinski definition) is 1. The molecule has 1 saturated heterocycles. The molecule has 0 radical (unpaired) electrons. The van der Waals surface area contributed by atoms with Gasteiger partial charge >= 0.3 is 0 Å². The second-order valence-corrected chi connectivity index (χ2v) is 3.44. The van der Waals surface area contributed by atoms with Crippen LogP contribution < -0.4 is 5.32 Å². The number of ketones is 1. The van der Waals surface area contributed by atoms with Crippen LogP contribution in [0.1, 0.15) is 35.3 Å². The average Bonchev–Trinajstić information content (AvgIpc) is 2.02. The summed E-state index contributed by atoms with van der Waals surface area (Å²) in [5, 5.41) is 3.30. The second-order valence-electron chi connectivity index (χ2n) is 3.44.